The van der Waals surface area contributed by atoms with Crippen molar-refractivity contribution < 1.29 is 0 Å². The number of rotatable bonds is 3. The van der Waals surface area contributed by atoms with Crippen molar-refractivity contribution in [2.45, 2.75) is 12.8 Å². The van der Waals surface area contributed by atoms with Crippen molar-refractivity contribution in [2.24, 2.45) is 5.92 Å². The van der Waals surface area contributed by atoms with Crippen LogP contribution < -0.4 is 4.90 Å². The van der Waals surface area contributed by atoms with Gasteiger partial charge in [0.25, 0.3) is 0 Å². The van der Waals surface area contributed by atoms with Crippen molar-refractivity contribution in [2.75, 3.05) is 23.3 Å². The average Bonchev–Trinajstić information content (AvgIpc) is 2.88. The highest BCUT2D eigenvalue weighted by molar-refractivity contribution is 9.10. The summed E-state index contributed by atoms with van der Waals surface area (Å²) in [5.74, 6) is 1.93. The Hall–Kier alpha value is -0.610. The highest BCUT2D eigenvalue weighted by Crippen LogP contribution is 2.32. The smallest absolute Gasteiger partial charge is 0.136 e. The lowest BCUT2D eigenvalue weighted by molar-refractivity contribution is 0.575. The van der Waals surface area contributed by atoms with Crippen LogP contribution >= 0.6 is 31.9 Å². The maximum absolute atomic E-state index is 4.62. The minimum absolute atomic E-state index is 0.795. The van der Waals surface area contributed by atoms with Crippen LogP contribution in [0.4, 0.5) is 5.82 Å². The number of fused-ring (bicyclic) bond motifs is 1. The summed E-state index contributed by atoms with van der Waals surface area (Å²) in [6.07, 6.45) is 4.45. The molecule has 0 saturated carbocycles. The normalized spacial score (nSPS) is 19.3. The van der Waals surface area contributed by atoms with Crippen molar-refractivity contribution in [3.8, 4) is 0 Å². The lowest BCUT2D eigenvalue weighted by Crippen LogP contribution is -2.21. The first-order valence-corrected chi connectivity index (χ1v) is 8.55. The van der Waals surface area contributed by atoms with Gasteiger partial charge in [0.2, 0.25) is 0 Å². The Balaban J connectivity index is 1.96. The highest BCUT2D eigenvalue weighted by Gasteiger charge is 2.24. The molecule has 3 rings (SSSR count). The molecule has 2 aromatic rings. The molecule has 1 atom stereocenters. The van der Waals surface area contributed by atoms with E-state index in [4.69, 9.17) is 0 Å². The number of aromatic nitrogens is 1. The molecule has 0 aliphatic carbocycles. The molecule has 2 heterocycles. The van der Waals surface area contributed by atoms with E-state index in [1.54, 1.807) is 0 Å². The number of alkyl halides is 1. The van der Waals surface area contributed by atoms with E-state index in [0.717, 1.165) is 34.6 Å². The minimum Gasteiger partial charge on any atom is -0.356 e. The first-order valence-electron chi connectivity index (χ1n) is 6.63. The summed E-state index contributed by atoms with van der Waals surface area (Å²) < 4.78 is 1.14. The Bertz CT molecular complexity index is 585. The largest absolute Gasteiger partial charge is 0.356 e. The zero-order valence-corrected chi connectivity index (χ0v) is 13.8. The molecule has 1 unspecified atom stereocenters. The SMILES string of the molecule is BrCCC1CCN(c2nccc3c(Br)cccc23)C1. The first-order chi connectivity index (χ1) is 9.29. The summed E-state index contributed by atoms with van der Waals surface area (Å²) in [7, 11) is 0. The lowest BCUT2D eigenvalue weighted by Gasteiger charge is -2.19. The van der Waals surface area contributed by atoms with Crippen molar-refractivity contribution in [1.82, 2.24) is 4.98 Å². The Morgan fingerprint density at radius 1 is 1.26 bits per heavy atom. The van der Waals surface area contributed by atoms with Gasteiger partial charge in [0.05, 0.1) is 0 Å². The van der Waals surface area contributed by atoms with Crippen LogP contribution in [-0.4, -0.2) is 23.4 Å². The van der Waals surface area contributed by atoms with E-state index >= 15 is 0 Å². The Labute approximate surface area is 130 Å². The second-order valence-electron chi connectivity index (χ2n) is 5.05. The average molecular weight is 384 g/mol. The summed E-state index contributed by atoms with van der Waals surface area (Å²) in [4.78, 5) is 7.05. The molecule has 1 aromatic carbocycles. The summed E-state index contributed by atoms with van der Waals surface area (Å²) >= 11 is 7.17. The van der Waals surface area contributed by atoms with Crippen LogP contribution in [0.25, 0.3) is 10.8 Å². The third-order valence-electron chi connectivity index (χ3n) is 3.83. The van der Waals surface area contributed by atoms with E-state index in [-0.39, 0.29) is 0 Å². The van der Waals surface area contributed by atoms with Crippen LogP contribution in [-0.2, 0) is 0 Å². The molecule has 19 heavy (non-hydrogen) atoms. The molecule has 1 aliphatic rings. The van der Waals surface area contributed by atoms with Gasteiger partial charge >= 0.3 is 0 Å². The predicted octanol–water partition coefficient (Wildman–Crippen LogP) is 4.61. The minimum atomic E-state index is 0.795. The second-order valence-corrected chi connectivity index (χ2v) is 6.70. The molecule has 2 nitrogen and oxygen atoms in total. The molecule has 1 aromatic heterocycles. The van der Waals surface area contributed by atoms with Gasteiger partial charge in [-0.25, -0.2) is 4.98 Å². The Morgan fingerprint density at radius 2 is 2.16 bits per heavy atom. The van der Waals surface area contributed by atoms with Gasteiger partial charge in [0, 0.05) is 39.9 Å². The number of nitrogens with zero attached hydrogens (tertiary/aromatic N) is 2. The molecule has 100 valence electrons. The van der Waals surface area contributed by atoms with Gasteiger partial charge in [0.15, 0.2) is 0 Å². The molecule has 0 amide bonds. The van der Waals surface area contributed by atoms with Gasteiger partial charge < -0.3 is 4.90 Å². The standard InChI is InChI=1S/C15H16Br2N2/c16-7-4-11-6-9-19(10-11)15-13-2-1-3-14(17)12(13)5-8-18-15/h1-3,5,8,11H,4,6-7,9-10H2. The predicted molar refractivity (Wildman–Crippen MR) is 88.2 cm³/mol. The van der Waals surface area contributed by atoms with Crippen LogP contribution in [0.15, 0.2) is 34.9 Å². The van der Waals surface area contributed by atoms with E-state index < -0.39 is 0 Å². The van der Waals surface area contributed by atoms with Gasteiger partial charge in [-0.15, -0.1) is 0 Å². The molecular formula is C15H16Br2N2. The number of anilines is 1. The molecule has 0 bridgehead atoms. The van der Waals surface area contributed by atoms with Crippen LogP contribution in [0.3, 0.4) is 0 Å². The maximum Gasteiger partial charge on any atom is 0.136 e. The van der Waals surface area contributed by atoms with Crippen molar-refractivity contribution in [1.29, 1.82) is 0 Å². The fourth-order valence-corrected chi connectivity index (χ4v) is 3.97. The van der Waals surface area contributed by atoms with E-state index in [2.05, 4.69) is 66.0 Å². The number of halogens is 2. The van der Waals surface area contributed by atoms with Gasteiger partial charge in [-0.3, -0.25) is 0 Å². The van der Waals surface area contributed by atoms with Crippen molar-refractivity contribution >= 4 is 48.5 Å². The first kappa shape index (κ1) is 13.4. The van der Waals surface area contributed by atoms with Crippen LogP contribution in [0, 0.1) is 5.92 Å². The van der Waals surface area contributed by atoms with Crippen molar-refractivity contribution in [3.05, 3.63) is 34.9 Å². The Kier molecular flexibility index (Phi) is 4.08. The monoisotopic (exact) mass is 382 g/mol. The molecule has 0 spiro atoms. The number of benzene rings is 1. The van der Waals surface area contributed by atoms with Gasteiger partial charge in [-0.1, -0.05) is 44.0 Å². The van der Waals surface area contributed by atoms with Gasteiger partial charge in [0.1, 0.15) is 5.82 Å². The third-order valence-corrected chi connectivity index (χ3v) is 4.98. The zero-order valence-electron chi connectivity index (χ0n) is 10.6. The van der Waals surface area contributed by atoms with E-state index in [1.807, 2.05) is 6.20 Å². The molecule has 1 aliphatic heterocycles. The quantitative estimate of drug-likeness (QED) is 0.719. The third kappa shape index (κ3) is 2.65. The summed E-state index contributed by atoms with van der Waals surface area (Å²) in [6.45, 7) is 2.25. The second kappa shape index (κ2) is 5.80. The molecule has 4 heteroatoms. The summed E-state index contributed by atoms with van der Waals surface area (Å²) in [5.41, 5.74) is 0. The van der Waals surface area contributed by atoms with Crippen LogP contribution in [0.2, 0.25) is 0 Å². The maximum atomic E-state index is 4.62. The van der Waals surface area contributed by atoms with Crippen LogP contribution in [0.5, 0.6) is 0 Å². The Morgan fingerprint density at radius 3 is 3.00 bits per heavy atom. The number of hydrogen-bond acceptors (Lipinski definition) is 2. The van der Waals surface area contributed by atoms with Gasteiger partial charge in [-0.05, 0) is 30.9 Å². The van der Waals surface area contributed by atoms with E-state index in [9.17, 15) is 0 Å². The van der Waals surface area contributed by atoms with E-state index in [1.165, 1.54) is 23.6 Å². The zero-order chi connectivity index (χ0) is 13.2. The molecule has 1 fully saturated rings. The molecular weight excluding hydrogens is 368 g/mol. The lowest BCUT2D eigenvalue weighted by atomic mass is 10.1. The number of pyridine rings is 1. The van der Waals surface area contributed by atoms with E-state index in [0.29, 0.717) is 0 Å². The summed E-state index contributed by atoms with van der Waals surface area (Å²) in [5, 5.41) is 3.59. The molecule has 0 radical (unpaired) electrons. The van der Waals surface area contributed by atoms with Crippen LogP contribution in [0.1, 0.15) is 12.8 Å². The molecule has 1 saturated heterocycles. The number of hydrogen-bond donors (Lipinski definition) is 0. The van der Waals surface area contributed by atoms with Gasteiger partial charge in [-0.2, -0.15) is 0 Å². The topological polar surface area (TPSA) is 16.1 Å². The fraction of sp³-hybridized carbons (Fsp3) is 0.400. The highest BCUT2D eigenvalue weighted by atomic mass is 79.9. The summed E-state index contributed by atoms with van der Waals surface area (Å²) in [6, 6.07) is 8.42. The molecule has 0 N–H and O–H groups in total. The van der Waals surface area contributed by atoms with Crippen molar-refractivity contribution in [3.63, 3.8) is 0 Å². The fourth-order valence-electron chi connectivity index (χ4n) is 2.82.